The first-order valence-corrected chi connectivity index (χ1v) is 12.5. The van der Waals surface area contributed by atoms with Crippen LogP contribution < -0.4 is 9.62 Å². The van der Waals surface area contributed by atoms with Crippen molar-refractivity contribution in [1.82, 2.24) is 4.31 Å². The molecule has 1 heterocycles. The van der Waals surface area contributed by atoms with Crippen LogP contribution in [0.5, 0.6) is 0 Å². The minimum atomic E-state index is -4.12. The first kappa shape index (κ1) is 22.5. The molecule has 30 heavy (non-hydrogen) atoms. The summed E-state index contributed by atoms with van der Waals surface area (Å²) in [7, 11) is -5.01. The van der Waals surface area contributed by atoms with E-state index in [0.717, 1.165) is 30.2 Å². The van der Waals surface area contributed by atoms with Crippen LogP contribution in [0.25, 0.3) is 0 Å². The zero-order valence-corrected chi connectivity index (χ0v) is 18.8. The monoisotopic (exact) mass is 455 g/mol. The van der Waals surface area contributed by atoms with E-state index in [1.165, 1.54) is 44.4 Å². The number of rotatable bonds is 6. The Morgan fingerprint density at radius 2 is 1.53 bits per heavy atom. The van der Waals surface area contributed by atoms with Crippen LogP contribution in [0.1, 0.15) is 19.8 Å². The largest absolute Gasteiger partial charge is 0.370 e. The smallest absolute Gasteiger partial charge is 0.262 e. The van der Waals surface area contributed by atoms with Gasteiger partial charge in [-0.25, -0.2) is 25.5 Å². The standard InChI is InChI=1S/C20H26FN3O4S2/c1-15-11-13-24(14-12-15)19-6-4-5-18(21)20(19)22-29(25,26)16-7-9-17(10-8-16)30(27,28)23(2)3/h4-10,15,22H,11-14H2,1-3H3. The topological polar surface area (TPSA) is 86.8 Å². The number of halogens is 1. The third kappa shape index (κ3) is 4.60. The normalized spacial score (nSPS) is 16.1. The highest BCUT2D eigenvalue weighted by molar-refractivity contribution is 7.92. The minimum Gasteiger partial charge on any atom is -0.370 e. The van der Waals surface area contributed by atoms with E-state index < -0.39 is 25.9 Å². The van der Waals surface area contributed by atoms with Crippen molar-refractivity contribution in [3.8, 4) is 0 Å². The molecule has 3 rings (SSSR count). The first-order valence-electron chi connectivity index (χ1n) is 9.61. The number of benzene rings is 2. The second kappa shape index (κ2) is 8.52. The van der Waals surface area contributed by atoms with Crippen molar-refractivity contribution in [2.75, 3.05) is 36.8 Å². The van der Waals surface area contributed by atoms with Crippen LogP contribution in [0.4, 0.5) is 15.8 Å². The molecule has 1 N–H and O–H groups in total. The van der Waals surface area contributed by atoms with Crippen LogP contribution in [0.3, 0.4) is 0 Å². The van der Waals surface area contributed by atoms with E-state index in [1.54, 1.807) is 12.1 Å². The molecule has 1 saturated heterocycles. The van der Waals surface area contributed by atoms with Gasteiger partial charge in [-0.15, -0.1) is 0 Å². The van der Waals surface area contributed by atoms with Crippen LogP contribution in [0.2, 0.25) is 0 Å². The van der Waals surface area contributed by atoms with Crippen molar-refractivity contribution in [1.29, 1.82) is 0 Å². The number of sulfonamides is 2. The van der Waals surface area contributed by atoms with Crippen molar-refractivity contribution >= 4 is 31.4 Å². The lowest BCUT2D eigenvalue weighted by Gasteiger charge is -2.33. The zero-order chi connectivity index (χ0) is 22.1. The van der Waals surface area contributed by atoms with Gasteiger partial charge in [0.05, 0.1) is 15.5 Å². The number of hydrogen-bond donors (Lipinski definition) is 1. The predicted octanol–water partition coefficient (Wildman–Crippen LogP) is 3.11. The SMILES string of the molecule is CC1CCN(c2cccc(F)c2NS(=O)(=O)c2ccc(S(=O)(=O)N(C)C)cc2)CC1. The van der Waals surface area contributed by atoms with Crippen LogP contribution in [-0.2, 0) is 20.0 Å². The van der Waals surface area contributed by atoms with Gasteiger partial charge in [-0.1, -0.05) is 13.0 Å². The average molecular weight is 456 g/mol. The summed E-state index contributed by atoms with van der Waals surface area (Å²) in [5, 5.41) is 0. The van der Waals surface area contributed by atoms with Gasteiger partial charge in [0.25, 0.3) is 10.0 Å². The van der Waals surface area contributed by atoms with E-state index in [-0.39, 0.29) is 15.5 Å². The van der Waals surface area contributed by atoms with Crippen LogP contribution >= 0.6 is 0 Å². The number of anilines is 2. The van der Waals surface area contributed by atoms with E-state index in [9.17, 15) is 21.2 Å². The molecule has 10 heteroatoms. The number of piperidine rings is 1. The van der Waals surface area contributed by atoms with Gasteiger partial charge in [0, 0.05) is 27.2 Å². The van der Waals surface area contributed by atoms with Crippen LogP contribution in [0.15, 0.2) is 52.3 Å². The second-order valence-electron chi connectivity index (χ2n) is 7.67. The number of hydrogen-bond acceptors (Lipinski definition) is 5. The van der Waals surface area contributed by atoms with Gasteiger partial charge in [0.1, 0.15) is 11.5 Å². The Bertz CT molecular complexity index is 1110. The lowest BCUT2D eigenvalue weighted by atomic mass is 9.98. The van der Waals surface area contributed by atoms with Gasteiger partial charge in [0.15, 0.2) is 0 Å². The van der Waals surface area contributed by atoms with E-state index in [1.807, 2.05) is 4.90 Å². The lowest BCUT2D eigenvalue weighted by Crippen LogP contribution is -2.33. The quantitative estimate of drug-likeness (QED) is 0.723. The Kier molecular flexibility index (Phi) is 6.40. The van der Waals surface area contributed by atoms with Gasteiger partial charge in [-0.2, -0.15) is 0 Å². The van der Waals surface area contributed by atoms with Gasteiger partial charge >= 0.3 is 0 Å². The van der Waals surface area contributed by atoms with Gasteiger partial charge in [-0.05, 0) is 55.2 Å². The molecule has 1 aliphatic rings. The molecule has 2 aromatic carbocycles. The van der Waals surface area contributed by atoms with Gasteiger partial charge < -0.3 is 4.90 Å². The number of para-hydroxylation sites is 1. The van der Waals surface area contributed by atoms with Crippen LogP contribution in [0, 0.1) is 11.7 Å². The molecule has 0 aliphatic carbocycles. The Hall–Kier alpha value is -2.17. The highest BCUT2D eigenvalue weighted by Crippen LogP contribution is 2.33. The first-order chi connectivity index (χ1) is 14.0. The summed E-state index contributed by atoms with van der Waals surface area (Å²) >= 11 is 0. The molecule has 0 saturated carbocycles. The molecule has 0 atom stereocenters. The summed E-state index contributed by atoms with van der Waals surface area (Å²) in [5.74, 6) is -0.0894. The molecule has 0 unspecified atom stereocenters. The number of nitrogens with one attached hydrogen (secondary N) is 1. The molecule has 0 amide bonds. The maximum atomic E-state index is 14.6. The van der Waals surface area contributed by atoms with E-state index in [0.29, 0.717) is 11.6 Å². The summed E-state index contributed by atoms with van der Waals surface area (Å²) in [5.41, 5.74) is 0.398. The third-order valence-electron chi connectivity index (χ3n) is 5.26. The number of nitrogens with zero attached hydrogens (tertiary/aromatic N) is 2. The summed E-state index contributed by atoms with van der Waals surface area (Å²) in [6.45, 7) is 3.60. The van der Waals surface area contributed by atoms with Crippen molar-refractivity contribution in [2.45, 2.75) is 29.6 Å². The molecule has 2 aromatic rings. The average Bonchev–Trinajstić information content (AvgIpc) is 2.70. The molecule has 1 fully saturated rings. The Labute approximate surface area is 177 Å². The second-order valence-corrected chi connectivity index (χ2v) is 11.5. The molecule has 0 spiro atoms. The maximum absolute atomic E-state index is 14.6. The molecule has 0 radical (unpaired) electrons. The molecular formula is C20H26FN3O4S2. The van der Waals surface area contributed by atoms with Crippen LogP contribution in [-0.4, -0.2) is 48.3 Å². The maximum Gasteiger partial charge on any atom is 0.262 e. The van der Waals surface area contributed by atoms with E-state index in [2.05, 4.69) is 11.6 Å². The highest BCUT2D eigenvalue weighted by atomic mass is 32.2. The molecular weight excluding hydrogens is 429 g/mol. The Morgan fingerprint density at radius 3 is 2.10 bits per heavy atom. The Morgan fingerprint density at radius 1 is 0.967 bits per heavy atom. The third-order valence-corrected chi connectivity index (χ3v) is 8.46. The molecule has 0 bridgehead atoms. The van der Waals surface area contributed by atoms with E-state index in [4.69, 9.17) is 0 Å². The van der Waals surface area contributed by atoms with Crippen molar-refractivity contribution in [3.05, 3.63) is 48.3 Å². The molecule has 164 valence electrons. The Balaban J connectivity index is 1.91. The summed E-state index contributed by atoms with van der Waals surface area (Å²) < 4.78 is 68.1. The lowest BCUT2D eigenvalue weighted by molar-refractivity contribution is 0.438. The van der Waals surface area contributed by atoms with Gasteiger partial charge in [-0.3, -0.25) is 4.72 Å². The summed E-state index contributed by atoms with van der Waals surface area (Å²) in [4.78, 5) is 1.80. The molecule has 7 nitrogen and oxygen atoms in total. The minimum absolute atomic E-state index is 0.0273. The summed E-state index contributed by atoms with van der Waals surface area (Å²) in [6, 6.07) is 9.30. The van der Waals surface area contributed by atoms with Gasteiger partial charge in [0.2, 0.25) is 10.0 Å². The fourth-order valence-corrected chi connectivity index (χ4v) is 5.31. The summed E-state index contributed by atoms with van der Waals surface area (Å²) in [6.07, 6.45) is 1.90. The van der Waals surface area contributed by atoms with Crippen molar-refractivity contribution in [3.63, 3.8) is 0 Å². The van der Waals surface area contributed by atoms with Crippen molar-refractivity contribution < 1.29 is 21.2 Å². The fraction of sp³-hybridized carbons (Fsp3) is 0.400. The van der Waals surface area contributed by atoms with E-state index >= 15 is 0 Å². The van der Waals surface area contributed by atoms with Crippen molar-refractivity contribution in [2.24, 2.45) is 5.92 Å². The highest BCUT2D eigenvalue weighted by Gasteiger charge is 2.25. The zero-order valence-electron chi connectivity index (χ0n) is 17.2. The predicted molar refractivity (Wildman–Crippen MR) is 115 cm³/mol. The molecule has 1 aliphatic heterocycles. The molecule has 0 aromatic heterocycles. The fourth-order valence-electron chi connectivity index (χ4n) is 3.32.